The van der Waals surface area contributed by atoms with Crippen molar-refractivity contribution in [3.05, 3.63) is 66.4 Å². The molecular formula is C19H19NO4S. The standard InChI is InChI=1S/C19H19NO4S/c1-23-18(24-2)12-15-8-6-7-14-11-17(13-20-19(14)15)25(21,22)16-9-4-3-5-10-16/h3-11,13,18H,12H2,1-2H3. The zero-order chi connectivity index (χ0) is 17.9. The predicted molar refractivity (Wildman–Crippen MR) is 95.1 cm³/mol. The van der Waals surface area contributed by atoms with Gasteiger partial charge in [0.15, 0.2) is 6.29 Å². The number of methoxy groups -OCH3 is 2. The molecule has 3 aromatic rings. The van der Waals surface area contributed by atoms with E-state index in [1.54, 1.807) is 50.6 Å². The molecule has 0 spiro atoms. The number of nitrogens with zero attached hydrogens (tertiary/aromatic N) is 1. The monoisotopic (exact) mass is 357 g/mol. The maximum atomic E-state index is 12.8. The highest BCUT2D eigenvalue weighted by atomic mass is 32.2. The first kappa shape index (κ1) is 17.5. The number of ether oxygens (including phenoxy) is 2. The minimum Gasteiger partial charge on any atom is -0.356 e. The van der Waals surface area contributed by atoms with Gasteiger partial charge in [0.2, 0.25) is 9.84 Å². The first-order chi connectivity index (χ1) is 12.1. The lowest BCUT2D eigenvalue weighted by Crippen LogP contribution is -2.16. The number of benzene rings is 2. The molecule has 1 heterocycles. The van der Waals surface area contributed by atoms with Crippen molar-refractivity contribution in [1.29, 1.82) is 0 Å². The molecule has 0 aliphatic heterocycles. The topological polar surface area (TPSA) is 65.5 Å². The highest BCUT2D eigenvalue weighted by molar-refractivity contribution is 7.91. The lowest BCUT2D eigenvalue weighted by atomic mass is 10.1. The Morgan fingerprint density at radius 3 is 2.36 bits per heavy atom. The maximum absolute atomic E-state index is 12.8. The summed E-state index contributed by atoms with van der Waals surface area (Å²) in [5.74, 6) is 0. The van der Waals surface area contributed by atoms with Crippen LogP contribution >= 0.6 is 0 Å². The van der Waals surface area contributed by atoms with Crippen LogP contribution in [0.4, 0.5) is 0 Å². The van der Waals surface area contributed by atoms with Crippen molar-refractivity contribution < 1.29 is 17.9 Å². The fourth-order valence-corrected chi connectivity index (χ4v) is 3.95. The molecule has 0 fully saturated rings. The summed E-state index contributed by atoms with van der Waals surface area (Å²) in [5.41, 5.74) is 1.68. The molecule has 2 aromatic carbocycles. The molecule has 25 heavy (non-hydrogen) atoms. The zero-order valence-corrected chi connectivity index (χ0v) is 14.9. The minimum atomic E-state index is -3.59. The van der Waals surface area contributed by atoms with Crippen LogP contribution in [0.5, 0.6) is 0 Å². The molecule has 0 aliphatic rings. The molecule has 0 aliphatic carbocycles. The second kappa shape index (κ2) is 7.31. The van der Waals surface area contributed by atoms with Crippen LogP contribution in [-0.4, -0.2) is 33.9 Å². The van der Waals surface area contributed by atoms with E-state index >= 15 is 0 Å². The Bertz CT molecular complexity index is 967. The van der Waals surface area contributed by atoms with E-state index in [-0.39, 0.29) is 16.1 Å². The summed E-state index contributed by atoms with van der Waals surface area (Å²) in [4.78, 5) is 4.84. The number of fused-ring (bicyclic) bond motifs is 1. The van der Waals surface area contributed by atoms with Gasteiger partial charge in [0.1, 0.15) is 0 Å². The van der Waals surface area contributed by atoms with E-state index in [4.69, 9.17) is 9.47 Å². The molecule has 3 rings (SSSR count). The molecule has 0 amide bonds. The lowest BCUT2D eigenvalue weighted by Gasteiger charge is -2.14. The SMILES string of the molecule is COC(Cc1cccc2cc(S(=O)(=O)c3ccccc3)cnc12)OC. The summed E-state index contributed by atoms with van der Waals surface area (Å²) in [5, 5.41) is 0.764. The largest absolute Gasteiger partial charge is 0.356 e. The number of hydrogen-bond donors (Lipinski definition) is 0. The third kappa shape index (κ3) is 3.56. The molecular weight excluding hydrogens is 338 g/mol. The molecule has 1 aromatic heterocycles. The van der Waals surface area contributed by atoms with Gasteiger partial charge in [0, 0.05) is 32.2 Å². The molecule has 0 N–H and O–H groups in total. The Kier molecular flexibility index (Phi) is 5.13. The molecule has 0 saturated heterocycles. The van der Waals surface area contributed by atoms with E-state index in [9.17, 15) is 8.42 Å². The van der Waals surface area contributed by atoms with Gasteiger partial charge in [-0.2, -0.15) is 0 Å². The second-order valence-corrected chi connectivity index (χ2v) is 7.53. The van der Waals surface area contributed by atoms with Gasteiger partial charge < -0.3 is 9.47 Å². The van der Waals surface area contributed by atoms with Crippen LogP contribution in [0.15, 0.2) is 70.6 Å². The Morgan fingerprint density at radius 1 is 0.960 bits per heavy atom. The number of pyridine rings is 1. The van der Waals surface area contributed by atoms with Gasteiger partial charge in [-0.3, -0.25) is 4.98 Å². The highest BCUT2D eigenvalue weighted by Gasteiger charge is 2.19. The second-order valence-electron chi connectivity index (χ2n) is 5.58. The van der Waals surface area contributed by atoms with Gasteiger partial charge in [-0.25, -0.2) is 8.42 Å². The highest BCUT2D eigenvalue weighted by Crippen LogP contribution is 2.25. The summed E-state index contributed by atoms with van der Waals surface area (Å²) in [6.45, 7) is 0. The molecule has 0 radical (unpaired) electrons. The maximum Gasteiger partial charge on any atom is 0.208 e. The van der Waals surface area contributed by atoms with E-state index < -0.39 is 9.84 Å². The zero-order valence-electron chi connectivity index (χ0n) is 14.0. The molecule has 5 nitrogen and oxygen atoms in total. The third-order valence-electron chi connectivity index (χ3n) is 4.05. The van der Waals surface area contributed by atoms with Crippen LogP contribution in [0, 0.1) is 0 Å². The van der Waals surface area contributed by atoms with E-state index in [1.165, 1.54) is 6.20 Å². The van der Waals surface area contributed by atoms with E-state index in [1.807, 2.05) is 18.2 Å². The molecule has 0 bridgehead atoms. The molecule has 0 atom stereocenters. The Morgan fingerprint density at radius 2 is 1.68 bits per heavy atom. The van der Waals surface area contributed by atoms with Crippen LogP contribution < -0.4 is 0 Å². The van der Waals surface area contributed by atoms with Crippen LogP contribution in [0.25, 0.3) is 10.9 Å². The average Bonchev–Trinajstić information content (AvgIpc) is 2.66. The normalized spacial score (nSPS) is 12.0. The van der Waals surface area contributed by atoms with Gasteiger partial charge in [-0.05, 0) is 23.8 Å². The van der Waals surface area contributed by atoms with Crippen LogP contribution in [0.1, 0.15) is 5.56 Å². The van der Waals surface area contributed by atoms with Gasteiger partial charge in [-0.1, -0.05) is 36.4 Å². The fraction of sp³-hybridized carbons (Fsp3) is 0.211. The van der Waals surface area contributed by atoms with Crippen molar-refractivity contribution in [2.45, 2.75) is 22.5 Å². The van der Waals surface area contributed by atoms with Crippen LogP contribution in [0.3, 0.4) is 0 Å². The molecule has 130 valence electrons. The van der Waals surface area contributed by atoms with Crippen molar-refractivity contribution in [2.75, 3.05) is 14.2 Å². The number of aromatic nitrogens is 1. The van der Waals surface area contributed by atoms with Crippen molar-refractivity contribution in [1.82, 2.24) is 4.98 Å². The number of sulfone groups is 1. The fourth-order valence-electron chi connectivity index (χ4n) is 2.69. The summed E-state index contributed by atoms with van der Waals surface area (Å²) >= 11 is 0. The average molecular weight is 357 g/mol. The summed E-state index contributed by atoms with van der Waals surface area (Å²) in [6, 6.07) is 15.7. The first-order valence-electron chi connectivity index (χ1n) is 7.79. The number of para-hydroxylation sites is 1. The van der Waals surface area contributed by atoms with Crippen LogP contribution in [0.2, 0.25) is 0 Å². The predicted octanol–water partition coefficient (Wildman–Crippen LogP) is 3.23. The van der Waals surface area contributed by atoms with Crippen LogP contribution in [-0.2, 0) is 25.7 Å². The van der Waals surface area contributed by atoms with Crippen molar-refractivity contribution in [3.8, 4) is 0 Å². The van der Waals surface area contributed by atoms with Crippen molar-refractivity contribution in [2.24, 2.45) is 0 Å². The van der Waals surface area contributed by atoms with E-state index in [2.05, 4.69) is 4.98 Å². The molecule has 0 saturated carbocycles. The van der Waals surface area contributed by atoms with Crippen molar-refractivity contribution >= 4 is 20.7 Å². The quantitative estimate of drug-likeness (QED) is 0.634. The van der Waals surface area contributed by atoms with E-state index in [0.717, 1.165) is 16.5 Å². The summed E-state index contributed by atoms with van der Waals surface area (Å²) in [6.07, 6.45) is 1.56. The summed E-state index contributed by atoms with van der Waals surface area (Å²) in [7, 11) is -0.426. The lowest BCUT2D eigenvalue weighted by molar-refractivity contribution is -0.100. The van der Waals surface area contributed by atoms with Gasteiger partial charge in [0.25, 0.3) is 0 Å². The Balaban J connectivity index is 2.04. The summed E-state index contributed by atoms with van der Waals surface area (Å²) < 4.78 is 36.0. The number of hydrogen-bond acceptors (Lipinski definition) is 5. The number of rotatable bonds is 6. The third-order valence-corrected chi connectivity index (χ3v) is 5.78. The van der Waals surface area contributed by atoms with E-state index in [0.29, 0.717) is 6.42 Å². The van der Waals surface area contributed by atoms with Gasteiger partial charge in [-0.15, -0.1) is 0 Å². The molecule has 6 heteroatoms. The van der Waals surface area contributed by atoms with Gasteiger partial charge >= 0.3 is 0 Å². The smallest absolute Gasteiger partial charge is 0.208 e. The molecule has 0 unspecified atom stereocenters. The minimum absolute atomic E-state index is 0.179. The van der Waals surface area contributed by atoms with Gasteiger partial charge in [0.05, 0.1) is 15.3 Å². The first-order valence-corrected chi connectivity index (χ1v) is 9.28. The Hall–Kier alpha value is -2.28. The Labute approximate surface area is 147 Å². The van der Waals surface area contributed by atoms with Crippen molar-refractivity contribution in [3.63, 3.8) is 0 Å².